The van der Waals surface area contributed by atoms with Crippen LogP contribution in [0.5, 0.6) is 0 Å². The molecule has 0 aromatic heterocycles. The van der Waals surface area contributed by atoms with Crippen LogP contribution in [0.2, 0.25) is 0 Å². The lowest BCUT2D eigenvalue weighted by atomic mass is 9.99. The molecule has 16 heavy (non-hydrogen) atoms. The molecule has 2 saturated heterocycles. The molecule has 4 nitrogen and oxygen atoms in total. The second-order valence-corrected chi connectivity index (χ2v) is 4.97. The zero-order valence-electron chi connectivity index (χ0n) is 10.0. The van der Waals surface area contributed by atoms with Crippen molar-refractivity contribution in [2.24, 2.45) is 17.6 Å². The minimum Gasteiger partial charge on any atom is -0.378 e. The molecule has 3 atom stereocenters. The highest BCUT2D eigenvalue weighted by molar-refractivity contribution is 5.78. The van der Waals surface area contributed by atoms with Crippen molar-refractivity contribution in [2.45, 2.75) is 32.3 Å². The average Bonchev–Trinajstić information content (AvgIpc) is 2.86. The van der Waals surface area contributed by atoms with Gasteiger partial charge in [0.15, 0.2) is 0 Å². The number of nitrogens with zero attached hydrogens (tertiary/aromatic N) is 1. The van der Waals surface area contributed by atoms with E-state index in [0.717, 1.165) is 32.5 Å². The predicted molar refractivity (Wildman–Crippen MR) is 61.9 cm³/mol. The van der Waals surface area contributed by atoms with Crippen LogP contribution in [0.3, 0.4) is 0 Å². The van der Waals surface area contributed by atoms with E-state index in [1.54, 1.807) is 0 Å². The Kier molecular flexibility index (Phi) is 3.82. The van der Waals surface area contributed by atoms with Gasteiger partial charge in [-0.1, -0.05) is 6.92 Å². The number of nitrogens with two attached hydrogens (primary N) is 1. The zero-order chi connectivity index (χ0) is 11.5. The second kappa shape index (κ2) is 5.15. The van der Waals surface area contributed by atoms with E-state index in [1.165, 1.54) is 0 Å². The summed E-state index contributed by atoms with van der Waals surface area (Å²) < 4.78 is 5.65. The fourth-order valence-corrected chi connectivity index (χ4v) is 2.82. The number of ether oxygens (including phenoxy) is 1. The van der Waals surface area contributed by atoms with Gasteiger partial charge in [-0.15, -0.1) is 0 Å². The predicted octanol–water partition coefficient (Wildman–Crippen LogP) is 0.609. The molecule has 2 rings (SSSR count). The summed E-state index contributed by atoms with van der Waals surface area (Å²) in [5.41, 5.74) is 5.62. The van der Waals surface area contributed by atoms with Gasteiger partial charge in [0, 0.05) is 32.0 Å². The van der Waals surface area contributed by atoms with E-state index in [1.807, 2.05) is 4.90 Å². The minimum absolute atomic E-state index is 0.275. The van der Waals surface area contributed by atoms with Crippen molar-refractivity contribution in [3.05, 3.63) is 0 Å². The summed E-state index contributed by atoms with van der Waals surface area (Å²) in [6.07, 6.45) is 3.13. The molecule has 0 aromatic rings. The zero-order valence-corrected chi connectivity index (χ0v) is 10.0. The van der Waals surface area contributed by atoms with Crippen molar-refractivity contribution in [1.82, 2.24) is 4.90 Å². The first-order valence-corrected chi connectivity index (χ1v) is 6.34. The average molecular weight is 226 g/mol. The van der Waals surface area contributed by atoms with Crippen molar-refractivity contribution < 1.29 is 9.53 Å². The standard InChI is InChI=1S/C12H22N2O2/c1-2-11-10(3-4-16-11)8-14-7-9(6-13)5-12(14)15/h9-11H,2-8,13H2,1H3. The van der Waals surface area contributed by atoms with Gasteiger partial charge in [-0.3, -0.25) is 4.79 Å². The molecule has 2 heterocycles. The van der Waals surface area contributed by atoms with Gasteiger partial charge in [0.05, 0.1) is 6.10 Å². The summed E-state index contributed by atoms with van der Waals surface area (Å²) in [5, 5.41) is 0. The molecule has 4 heteroatoms. The topological polar surface area (TPSA) is 55.6 Å². The third-order valence-corrected chi connectivity index (χ3v) is 3.83. The maximum Gasteiger partial charge on any atom is 0.222 e. The minimum atomic E-state index is 0.275. The Hall–Kier alpha value is -0.610. The Morgan fingerprint density at radius 3 is 3.00 bits per heavy atom. The summed E-state index contributed by atoms with van der Waals surface area (Å²) in [5.74, 6) is 1.18. The third-order valence-electron chi connectivity index (χ3n) is 3.83. The van der Waals surface area contributed by atoms with Gasteiger partial charge in [0.2, 0.25) is 5.91 Å². The van der Waals surface area contributed by atoms with Gasteiger partial charge < -0.3 is 15.4 Å². The lowest BCUT2D eigenvalue weighted by molar-refractivity contribution is -0.128. The highest BCUT2D eigenvalue weighted by atomic mass is 16.5. The molecule has 0 spiro atoms. The molecular weight excluding hydrogens is 204 g/mol. The van der Waals surface area contributed by atoms with Gasteiger partial charge in [-0.05, 0) is 25.3 Å². The van der Waals surface area contributed by atoms with Gasteiger partial charge in [0.25, 0.3) is 0 Å². The lowest BCUT2D eigenvalue weighted by Crippen LogP contribution is -2.34. The second-order valence-electron chi connectivity index (χ2n) is 4.97. The monoisotopic (exact) mass is 226 g/mol. The Balaban J connectivity index is 1.87. The molecule has 2 aliphatic heterocycles. The summed E-state index contributed by atoms with van der Waals surface area (Å²) in [4.78, 5) is 13.7. The first-order chi connectivity index (χ1) is 7.74. The fourth-order valence-electron chi connectivity index (χ4n) is 2.82. The smallest absolute Gasteiger partial charge is 0.222 e. The summed E-state index contributed by atoms with van der Waals surface area (Å²) in [6, 6.07) is 0. The molecule has 0 radical (unpaired) electrons. The van der Waals surface area contributed by atoms with E-state index < -0.39 is 0 Å². The van der Waals surface area contributed by atoms with Crippen molar-refractivity contribution >= 4 is 5.91 Å². The largest absolute Gasteiger partial charge is 0.378 e. The molecule has 0 bridgehead atoms. The van der Waals surface area contributed by atoms with Crippen LogP contribution >= 0.6 is 0 Å². The fraction of sp³-hybridized carbons (Fsp3) is 0.917. The number of hydrogen-bond acceptors (Lipinski definition) is 3. The molecule has 3 unspecified atom stereocenters. The highest BCUT2D eigenvalue weighted by Gasteiger charge is 2.34. The van der Waals surface area contributed by atoms with Gasteiger partial charge in [-0.2, -0.15) is 0 Å². The first-order valence-electron chi connectivity index (χ1n) is 6.34. The molecular formula is C12H22N2O2. The van der Waals surface area contributed by atoms with E-state index in [-0.39, 0.29) is 5.91 Å². The number of hydrogen-bond donors (Lipinski definition) is 1. The van der Waals surface area contributed by atoms with Crippen LogP contribution in [0, 0.1) is 11.8 Å². The lowest BCUT2D eigenvalue weighted by Gasteiger charge is -2.24. The first kappa shape index (κ1) is 11.9. The molecule has 1 amide bonds. The number of rotatable bonds is 4. The van der Waals surface area contributed by atoms with Crippen LogP contribution in [0.4, 0.5) is 0 Å². The van der Waals surface area contributed by atoms with Crippen molar-refractivity contribution in [1.29, 1.82) is 0 Å². The maximum absolute atomic E-state index is 11.8. The van der Waals surface area contributed by atoms with E-state index >= 15 is 0 Å². The number of amides is 1. The normalized spacial score (nSPS) is 35.0. The van der Waals surface area contributed by atoms with Crippen LogP contribution in [0.1, 0.15) is 26.2 Å². The van der Waals surface area contributed by atoms with Crippen molar-refractivity contribution in [3.8, 4) is 0 Å². The highest BCUT2D eigenvalue weighted by Crippen LogP contribution is 2.27. The summed E-state index contributed by atoms with van der Waals surface area (Å²) in [7, 11) is 0. The van der Waals surface area contributed by atoms with Gasteiger partial charge >= 0.3 is 0 Å². The molecule has 2 N–H and O–H groups in total. The maximum atomic E-state index is 11.8. The van der Waals surface area contributed by atoms with Crippen LogP contribution in [0.15, 0.2) is 0 Å². The molecule has 2 aliphatic rings. The van der Waals surface area contributed by atoms with Gasteiger partial charge in [-0.25, -0.2) is 0 Å². The van der Waals surface area contributed by atoms with Gasteiger partial charge in [0.1, 0.15) is 0 Å². The summed E-state index contributed by atoms with van der Waals surface area (Å²) >= 11 is 0. The Bertz CT molecular complexity index is 257. The van der Waals surface area contributed by atoms with Crippen molar-refractivity contribution in [3.63, 3.8) is 0 Å². The Labute approximate surface area is 97.1 Å². The van der Waals surface area contributed by atoms with E-state index in [4.69, 9.17) is 10.5 Å². The molecule has 92 valence electrons. The number of carbonyl (C=O) groups is 1. The van der Waals surface area contributed by atoms with Crippen LogP contribution in [-0.4, -0.2) is 43.2 Å². The van der Waals surface area contributed by atoms with E-state index in [9.17, 15) is 4.79 Å². The quantitative estimate of drug-likeness (QED) is 0.764. The SMILES string of the molecule is CCC1OCCC1CN1CC(CN)CC1=O. The Morgan fingerprint density at radius 1 is 1.56 bits per heavy atom. The number of carbonyl (C=O) groups excluding carboxylic acids is 1. The molecule has 0 aliphatic carbocycles. The van der Waals surface area contributed by atoms with Crippen LogP contribution in [0.25, 0.3) is 0 Å². The number of likely N-dealkylation sites (tertiary alicyclic amines) is 1. The van der Waals surface area contributed by atoms with E-state index in [2.05, 4.69) is 6.92 Å². The van der Waals surface area contributed by atoms with Crippen LogP contribution < -0.4 is 5.73 Å². The molecule has 0 aromatic carbocycles. The summed E-state index contributed by atoms with van der Waals surface area (Å²) in [6.45, 7) is 5.35. The molecule has 2 fully saturated rings. The Morgan fingerprint density at radius 2 is 2.38 bits per heavy atom. The van der Waals surface area contributed by atoms with E-state index in [0.29, 0.717) is 30.9 Å². The van der Waals surface area contributed by atoms with Crippen molar-refractivity contribution in [2.75, 3.05) is 26.2 Å². The molecule has 0 saturated carbocycles. The third kappa shape index (κ3) is 2.38. The van der Waals surface area contributed by atoms with Crippen LogP contribution in [-0.2, 0) is 9.53 Å².